The number of nitro groups is 1. The lowest BCUT2D eigenvalue weighted by Gasteiger charge is -2.28. The van der Waals surface area contributed by atoms with Crippen molar-refractivity contribution in [2.24, 2.45) is 0 Å². The molecule has 144 valence electrons. The van der Waals surface area contributed by atoms with E-state index in [2.05, 4.69) is 0 Å². The third-order valence-electron chi connectivity index (χ3n) is 4.58. The Morgan fingerprint density at radius 1 is 1.41 bits per heavy atom. The zero-order valence-electron chi connectivity index (χ0n) is 14.4. The molecule has 1 aromatic carbocycles. The van der Waals surface area contributed by atoms with E-state index in [1.807, 2.05) is 18.4 Å². The lowest BCUT2D eigenvalue weighted by molar-refractivity contribution is -0.384. The van der Waals surface area contributed by atoms with Crippen molar-refractivity contribution in [3.05, 3.63) is 60.8 Å². The van der Waals surface area contributed by atoms with Gasteiger partial charge in [0.05, 0.1) is 23.0 Å². The van der Waals surface area contributed by atoms with Crippen LogP contribution in [0.1, 0.15) is 27.2 Å². The first-order chi connectivity index (χ1) is 12.7. The van der Waals surface area contributed by atoms with Crippen LogP contribution in [-0.2, 0) is 16.4 Å². The van der Waals surface area contributed by atoms with Crippen LogP contribution in [-0.4, -0.2) is 41.7 Å². The summed E-state index contributed by atoms with van der Waals surface area (Å²) in [4.78, 5) is 26.1. The number of aryl methyl sites for hydroxylation is 1. The van der Waals surface area contributed by atoms with Crippen molar-refractivity contribution in [3.8, 4) is 0 Å². The van der Waals surface area contributed by atoms with Crippen LogP contribution in [0.3, 0.4) is 0 Å². The highest BCUT2D eigenvalue weighted by atomic mass is 35.5. The molecule has 1 saturated heterocycles. The lowest BCUT2D eigenvalue weighted by Crippen LogP contribution is -2.40. The number of hydrogen-bond acceptors (Lipinski definition) is 6. The zero-order valence-corrected chi connectivity index (χ0v) is 16.8. The van der Waals surface area contributed by atoms with Gasteiger partial charge in [-0.25, -0.2) is 8.42 Å². The van der Waals surface area contributed by atoms with Gasteiger partial charge in [0.15, 0.2) is 9.84 Å². The van der Waals surface area contributed by atoms with Gasteiger partial charge in [0.25, 0.3) is 11.6 Å². The highest BCUT2D eigenvalue weighted by molar-refractivity contribution is 7.91. The summed E-state index contributed by atoms with van der Waals surface area (Å²) in [7, 11) is -3.19. The molecule has 0 saturated carbocycles. The second-order valence-electron chi connectivity index (χ2n) is 6.44. The Hall–Kier alpha value is -1.97. The molecule has 1 atom stereocenters. The minimum Gasteiger partial charge on any atom is -0.329 e. The monoisotopic (exact) mass is 428 g/mol. The molecular weight excluding hydrogens is 412 g/mol. The van der Waals surface area contributed by atoms with Crippen molar-refractivity contribution in [3.63, 3.8) is 0 Å². The fourth-order valence-corrected chi connectivity index (χ4v) is 5.88. The van der Waals surface area contributed by atoms with Gasteiger partial charge in [-0.2, -0.15) is 0 Å². The third-order valence-corrected chi connectivity index (χ3v) is 7.66. The Morgan fingerprint density at radius 2 is 2.15 bits per heavy atom. The molecule has 0 aliphatic carbocycles. The summed E-state index contributed by atoms with van der Waals surface area (Å²) >= 11 is 7.32. The molecule has 1 amide bonds. The molecule has 27 heavy (non-hydrogen) atoms. The average molecular weight is 429 g/mol. The van der Waals surface area contributed by atoms with Crippen LogP contribution in [0, 0.1) is 17.0 Å². The van der Waals surface area contributed by atoms with Crippen molar-refractivity contribution < 1.29 is 18.1 Å². The van der Waals surface area contributed by atoms with Crippen LogP contribution in [0.5, 0.6) is 0 Å². The number of hydrogen-bond donors (Lipinski definition) is 0. The number of sulfone groups is 1. The SMILES string of the molecule is Cc1ccsc1CN(C(=O)c1ccc(Cl)c([N+](=O)[O-])c1)[C@H]1CCS(=O)(=O)C1. The van der Waals surface area contributed by atoms with Gasteiger partial charge in [0.2, 0.25) is 0 Å². The molecule has 2 heterocycles. The number of nitrogens with zero attached hydrogens (tertiary/aromatic N) is 2. The van der Waals surface area contributed by atoms with Crippen molar-refractivity contribution in [1.82, 2.24) is 4.90 Å². The highest BCUT2D eigenvalue weighted by Crippen LogP contribution is 2.29. The Bertz CT molecular complexity index is 1000. The van der Waals surface area contributed by atoms with Crippen molar-refractivity contribution in [1.29, 1.82) is 0 Å². The smallest absolute Gasteiger partial charge is 0.288 e. The maximum atomic E-state index is 13.1. The Morgan fingerprint density at radius 3 is 2.70 bits per heavy atom. The first kappa shape index (κ1) is 19.8. The van der Waals surface area contributed by atoms with Crippen LogP contribution in [0.15, 0.2) is 29.6 Å². The summed E-state index contributed by atoms with van der Waals surface area (Å²) < 4.78 is 23.8. The zero-order chi connectivity index (χ0) is 19.8. The summed E-state index contributed by atoms with van der Waals surface area (Å²) in [5, 5.41) is 13.0. The molecular formula is C17H17ClN2O5S2. The van der Waals surface area contributed by atoms with E-state index in [1.54, 1.807) is 0 Å². The Labute approximate surface area is 165 Å². The first-order valence-corrected chi connectivity index (χ1v) is 11.2. The van der Waals surface area contributed by atoms with Crippen molar-refractivity contribution >= 4 is 44.4 Å². The van der Waals surface area contributed by atoms with E-state index in [0.29, 0.717) is 6.42 Å². The number of benzene rings is 1. The number of carbonyl (C=O) groups excluding carboxylic acids is 1. The van der Waals surface area contributed by atoms with Crippen molar-refractivity contribution in [2.45, 2.75) is 25.9 Å². The predicted octanol–water partition coefficient (Wildman–Crippen LogP) is 3.45. The van der Waals surface area contributed by atoms with Gasteiger partial charge >= 0.3 is 0 Å². The second-order valence-corrected chi connectivity index (χ2v) is 10.1. The normalized spacial score (nSPS) is 18.4. The molecule has 1 aliphatic rings. The van der Waals surface area contributed by atoms with E-state index >= 15 is 0 Å². The average Bonchev–Trinajstić information content (AvgIpc) is 3.17. The molecule has 0 unspecified atom stereocenters. The van der Waals surface area contributed by atoms with Gasteiger partial charge in [-0.3, -0.25) is 14.9 Å². The van der Waals surface area contributed by atoms with Crippen LogP contribution < -0.4 is 0 Å². The molecule has 7 nitrogen and oxygen atoms in total. The van der Waals surface area contributed by atoms with E-state index in [1.165, 1.54) is 28.4 Å². The molecule has 0 spiro atoms. The number of halogens is 1. The Kier molecular flexibility index (Phi) is 5.55. The molecule has 10 heteroatoms. The van der Waals surface area contributed by atoms with E-state index in [9.17, 15) is 23.3 Å². The fourth-order valence-electron chi connectivity index (χ4n) is 3.06. The highest BCUT2D eigenvalue weighted by Gasteiger charge is 2.35. The minimum atomic E-state index is -3.19. The lowest BCUT2D eigenvalue weighted by atomic mass is 10.1. The summed E-state index contributed by atoms with van der Waals surface area (Å²) in [5.74, 6) is -0.505. The number of amides is 1. The number of nitro benzene ring substituents is 1. The molecule has 0 radical (unpaired) electrons. The topological polar surface area (TPSA) is 97.6 Å². The van der Waals surface area contributed by atoms with E-state index < -0.39 is 26.7 Å². The quantitative estimate of drug-likeness (QED) is 0.536. The first-order valence-electron chi connectivity index (χ1n) is 8.16. The van der Waals surface area contributed by atoms with Gasteiger partial charge < -0.3 is 4.90 Å². The van der Waals surface area contributed by atoms with Crippen LogP contribution in [0.25, 0.3) is 0 Å². The summed E-state index contributed by atoms with van der Waals surface area (Å²) in [5.41, 5.74) is 0.777. The standard InChI is InChI=1S/C17H17ClN2O5S2/c1-11-4-6-26-16(11)9-19(13-5-7-27(24,25)10-13)17(21)12-2-3-14(18)15(8-12)20(22)23/h2-4,6,8,13H,5,7,9-10H2,1H3/t13-/m0/s1. The summed E-state index contributed by atoms with van der Waals surface area (Å²) in [6.07, 6.45) is 0.355. The third kappa shape index (κ3) is 4.31. The number of carbonyl (C=O) groups is 1. The summed E-state index contributed by atoms with van der Waals surface area (Å²) in [6.45, 7) is 2.19. The second kappa shape index (κ2) is 7.57. The van der Waals surface area contributed by atoms with Gasteiger partial charge in [0, 0.05) is 22.5 Å². The van der Waals surface area contributed by atoms with E-state index in [4.69, 9.17) is 11.6 Å². The molecule has 2 aromatic rings. The minimum absolute atomic E-state index is 0.0334. The van der Waals surface area contributed by atoms with E-state index in [0.717, 1.165) is 16.5 Å². The molecule has 3 rings (SSSR count). The molecule has 1 aromatic heterocycles. The van der Waals surface area contributed by atoms with E-state index in [-0.39, 0.29) is 34.3 Å². The Balaban J connectivity index is 1.97. The van der Waals surface area contributed by atoms with Gasteiger partial charge in [-0.05, 0) is 42.5 Å². The van der Waals surface area contributed by atoms with Crippen LogP contribution in [0.4, 0.5) is 5.69 Å². The predicted molar refractivity (Wildman–Crippen MR) is 104 cm³/mol. The maximum Gasteiger partial charge on any atom is 0.288 e. The van der Waals surface area contributed by atoms with Crippen molar-refractivity contribution in [2.75, 3.05) is 11.5 Å². The van der Waals surface area contributed by atoms with Gasteiger partial charge in [-0.15, -0.1) is 11.3 Å². The van der Waals surface area contributed by atoms with Crippen LogP contribution in [0.2, 0.25) is 5.02 Å². The molecule has 0 bridgehead atoms. The largest absolute Gasteiger partial charge is 0.329 e. The molecule has 1 fully saturated rings. The maximum absolute atomic E-state index is 13.1. The number of rotatable bonds is 5. The molecule has 1 aliphatic heterocycles. The van der Waals surface area contributed by atoms with Gasteiger partial charge in [0.1, 0.15) is 5.02 Å². The summed E-state index contributed by atoms with van der Waals surface area (Å²) in [6, 6.07) is 5.35. The fraction of sp³-hybridized carbons (Fsp3) is 0.353. The van der Waals surface area contributed by atoms with Crippen LogP contribution >= 0.6 is 22.9 Å². The molecule has 0 N–H and O–H groups in total. The van der Waals surface area contributed by atoms with Gasteiger partial charge in [-0.1, -0.05) is 11.6 Å². The number of thiophene rings is 1.